The predicted molar refractivity (Wildman–Crippen MR) is 88.1 cm³/mol. The van der Waals surface area contributed by atoms with Gasteiger partial charge in [-0.2, -0.15) is 0 Å². The van der Waals surface area contributed by atoms with Crippen molar-refractivity contribution >= 4 is 0 Å². The van der Waals surface area contributed by atoms with Crippen molar-refractivity contribution in [3.63, 3.8) is 0 Å². The molecule has 4 heteroatoms. The van der Waals surface area contributed by atoms with E-state index in [0.717, 1.165) is 43.7 Å². The van der Waals surface area contributed by atoms with Gasteiger partial charge >= 0.3 is 0 Å². The molecular formula is C18H29NO3. The van der Waals surface area contributed by atoms with Crippen LogP contribution in [-0.4, -0.2) is 38.1 Å². The summed E-state index contributed by atoms with van der Waals surface area (Å²) >= 11 is 0. The summed E-state index contributed by atoms with van der Waals surface area (Å²) < 4.78 is 10.8. The zero-order valence-corrected chi connectivity index (χ0v) is 13.8. The molecule has 0 bridgehead atoms. The summed E-state index contributed by atoms with van der Waals surface area (Å²) in [6, 6.07) is 8.08. The van der Waals surface area contributed by atoms with Crippen LogP contribution >= 0.6 is 0 Å². The van der Waals surface area contributed by atoms with Crippen LogP contribution in [-0.2, 0) is 11.3 Å². The van der Waals surface area contributed by atoms with E-state index in [4.69, 9.17) is 9.47 Å². The first-order chi connectivity index (χ1) is 10.7. The molecule has 4 nitrogen and oxygen atoms in total. The smallest absolute Gasteiger partial charge is 0.123 e. The molecule has 22 heavy (non-hydrogen) atoms. The number of rotatable bonds is 8. The number of aliphatic hydroxyl groups excluding tert-OH is 1. The summed E-state index contributed by atoms with van der Waals surface area (Å²) in [6.45, 7) is 4.92. The number of aliphatic hydroxyl groups is 1. The lowest BCUT2D eigenvalue weighted by atomic mass is 9.73. The second-order valence-corrected chi connectivity index (χ2v) is 6.47. The Morgan fingerprint density at radius 2 is 2.09 bits per heavy atom. The molecule has 0 saturated heterocycles. The summed E-state index contributed by atoms with van der Waals surface area (Å²) in [6.07, 6.45) is 4.18. The minimum absolute atomic E-state index is 0.00982. The van der Waals surface area contributed by atoms with Gasteiger partial charge in [-0.3, -0.25) is 0 Å². The van der Waals surface area contributed by atoms with Crippen molar-refractivity contribution in [1.29, 1.82) is 0 Å². The van der Waals surface area contributed by atoms with Gasteiger partial charge in [-0.1, -0.05) is 38.0 Å². The number of nitrogens with one attached hydrogen (secondary N) is 1. The zero-order valence-electron chi connectivity index (χ0n) is 13.8. The molecule has 0 amide bonds. The number of ether oxygens (including phenoxy) is 2. The molecule has 2 N–H and O–H groups in total. The molecule has 0 radical (unpaired) electrons. The zero-order chi connectivity index (χ0) is 15.8. The third kappa shape index (κ3) is 4.70. The van der Waals surface area contributed by atoms with Crippen LogP contribution in [0.5, 0.6) is 5.75 Å². The lowest BCUT2D eigenvalue weighted by Gasteiger charge is -2.38. The van der Waals surface area contributed by atoms with Gasteiger partial charge in [-0.05, 0) is 18.9 Å². The average Bonchev–Trinajstić information content (AvgIpc) is 2.52. The first-order valence-corrected chi connectivity index (χ1v) is 8.24. The Morgan fingerprint density at radius 1 is 1.27 bits per heavy atom. The van der Waals surface area contributed by atoms with Gasteiger partial charge in [0.15, 0.2) is 0 Å². The van der Waals surface area contributed by atoms with Crippen molar-refractivity contribution in [2.45, 2.75) is 45.3 Å². The van der Waals surface area contributed by atoms with Crippen LogP contribution in [0.1, 0.15) is 38.2 Å². The van der Waals surface area contributed by atoms with Crippen molar-refractivity contribution in [2.24, 2.45) is 5.41 Å². The number of benzene rings is 1. The predicted octanol–water partition coefficient (Wildman–Crippen LogP) is 2.74. The summed E-state index contributed by atoms with van der Waals surface area (Å²) in [5.74, 6) is 0.904. The maximum atomic E-state index is 10.2. The fourth-order valence-corrected chi connectivity index (χ4v) is 3.10. The monoisotopic (exact) mass is 307 g/mol. The number of hydrogen-bond acceptors (Lipinski definition) is 4. The van der Waals surface area contributed by atoms with Crippen molar-refractivity contribution < 1.29 is 14.6 Å². The van der Waals surface area contributed by atoms with Crippen LogP contribution in [0.25, 0.3) is 0 Å². The fourth-order valence-electron chi connectivity index (χ4n) is 3.10. The molecule has 2 unspecified atom stereocenters. The molecule has 0 aromatic heterocycles. The minimum Gasteiger partial charge on any atom is -0.491 e. The van der Waals surface area contributed by atoms with E-state index in [1.165, 1.54) is 6.42 Å². The number of methoxy groups -OCH3 is 1. The van der Waals surface area contributed by atoms with Crippen LogP contribution in [0.15, 0.2) is 24.3 Å². The highest BCUT2D eigenvalue weighted by molar-refractivity contribution is 5.33. The van der Waals surface area contributed by atoms with E-state index >= 15 is 0 Å². The molecule has 2 rings (SSSR count). The minimum atomic E-state index is -0.193. The largest absolute Gasteiger partial charge is 0.491 e. The van der Waals surface area contributed by atoms with Gasteiger partial charge in [0.05, 0.1) is 12.7 Å². The molecule has 1 aromatic carbocycles. The SMILES string of the molecule is COCCOc1ccccc1CNCC1(C)CCCCC1O. The van der Waals surface area contributed by atoms with E-state index in [2.05, 4.69) is 18.3 Å². The Balaban J connectivity index is 1.86. The maximum Gasteiger partial charge on any atom is 0.123 e. The molecule has 1 aliphatic rings. The Hall–Kier alpha value is -1.10. The lowest BCUT2D eigenvalue weighted by molar-refractivity contribution is 0.00112. The van der Waals surface area contributed by atoms with Gasteiger partial charge in [0.25, 0.3) is 0 Å². The van der Waals surface area contributed by atoms with Crippen molar-refractivity contribution in [2.75, 3.05) is 26.9 Å². The Kier molecular flexibility index (Phi) is 6.68. The van der Waals surface area contributed by atoms with Crippen molar-refractivity contribution in [3.05, 3.63) is 29.8 Å². The fraction of sp³-hybridized carbons (Fsp3) is 0.667. The van der Waals surface area contributed by atoms with Gasteiger partial charge in [0.2, 0.25) is 0 Å². The second-order valence-electron chi connectivity index (χ2n) is 6.47. The van der Waals surface area contributed by atoms with Crippen molar-refractivity contribution in [3.8, 4) is 5.75 Å². The number of hydrogen-bond donors (Lipinski definition) is 2. The molecule has 1 aromatic rings. The molecule has 1 saturated carbocycles. The van der Waals surface area contributed by atoms with E-state index < -0.39 is 0 Å². The van der Waals surface area contributed by atoms with E-state index in [9.17, 15) is 5.11 Å². The Morgan fingerprint density at radius 3 is 2.86 bits per heavy atom. The van der Waals surface area contributed by atoms with E-state index in [0.29, 0.717) is 13.2 Å². The van der Waals surface area contributed by atoms with E-state index in [1.807, 2.05) is 18.2 Å². The van der Waals surface area contributed by atoms with Crippen LogP contribution in [0.3, 0.4) is 0 Å². The summed E-state index contributed by atoms with van der Waals surface area (Å²) in [4.78, 5) is 0. The summed E-state index contributed by atoms with van der Waals surface area (Å²) in [7, 11) is 1.67. The van der Waals surface area contributed by atoms with Gasteiger partial charge < -0.3 is 19.9 Å². The van der Waals surface area contributed by atoms with Gasteiger partial charge in [0.1, 0.15) is 12.4 Å². The third-order valence-electron chi connectivity index (χ3n) is 4.64. The average molecular weight is 307 g/mol. The molecule has 1 fully saturated rings. The standard InChI is InChI=1S/C18H29NO3/c1-18(10-6-5-9-17(18)20)14-19-13-15-7-3-4-8-16(15)22-12-11-21-2/h3-4,7-8,17,19-20H,5-6,9-14H2,1-2H3. The van der Waals surface area contributed by atoms with Gasteiger partial charge in [-0.25, -0.2) is 0 Å². The van der Waals surface area contributed by atoms with Gasteiger partial charge in [-0.15, -0.1) is 0 Å². The van der Waals surface area contributed by atoms with Crippen LogP contribution in [0, 0.1) is 5.41 Å². The first-order valence-electron chi connectivity index (χ1n) is 8.24. The highest BCUT2D eigenvalue weighted by Crippen LogP contribution is 2.35. The molecule has 0 aliphatic heterocycles. The van der Waals surface area contributed by atoms with Crippen molar-refractivity contribution in [1.82, 2.24) is 5.32 Å². The topological polar surface area (TPSA) is 50.7 Å². The second kappa shape index (κ2) is 8.51. The third-order valence-corrected chi connectivity index (χ3v) is 4.64. The summed E-state index contributed by atoms with van der Waals surface area (Å²) in [5.41, 5.74) is 1.14. The highest BCUT2D eigenvalue weighted by Gasteiger charge is 2.34. The van der Waals surface area contributed by atoms with Crippen LogP contribution < -0.4 is 10.1 Å². The van der Waals surface area contributed by atoms with E-state index in [-0.39, 0.29) is 11.5 Å². The molecular weight excluding hydrogens is 278 g/mol. The highest BCUT2D eigenvalue weighted by atomic mass is 16.5. The number of para-hydroxylation sites is 1. The molecule has 1 aliphatic carbocycles. The maximum absolute atomic E-state index is 10.2. The first kappa shape index (κ1) is 17.3. The normalized spacial score (nSPS) is 25.1. The molecule has 0 spiro atoms. The van der Waals surface area contributed by atoms with Gasteiger partial charge in [0, 0.05) is 31.2 Å². The van der Waals surface area contributed by atoms with Crippen LogP contribution in [0.4, 0.5) is 0 Å². The van der Waals surface area contributed by atoms with Crippen LogP contribution in [0.2, 0.25) is 0 Å². The lowest BCUT2D eigenvalue weighted by Crippen LogP contribution is -2.43. The molecule has 124 valence electrons. The summed E-state index contributed by atoms with van der Waals surface area (Å²) in [5, 5.41) is 13.7. The van der Waals surface area contributed by atoms with E-state index in [1.54, 1.807) is 7.11 Å². The Bertz CT molecular complexity index is 452. The molecule has 2 atom stereocenters. The quantitative estimate of drug-likeness (QED) is 0.725. The molecule has 0 heterocycles. The Labute approximate surface area is 133 Å².